The number of amides is 2. The van der Waals surface area contributed by atoms with Crippen LogP contribution in [0.2, 0.25) is 5.02 Å². The summed E-state index contributed by atoms with van der Waals surface area (Å²) in [7, 11) is 1.52. The highest BCUT2D eigenvalue weighted by molar-refractivity contribution is 6.36. The number of aromatic nitrogens is 1. The number of ketones is 1. The van der Waals surface area contributed by atoms with Crippen LogP contribution >= 0.6 is 11.6 Å². The van der Waals surface area contributed by atoms with E-state index < -0.39 is 11.7 Å². The third-order valence-corrected chi connectivity index (χ3v) is 5.12. The number of methoxy groups -OCH3 is 1. The number of ether oxygens (including phenoxy) is 1. The molecular weight excluding hydrogens is 430 g/mol. The lowest BCUT2D eigenvalue weighted by Gasteiger charge is -2.19. The normalized spacial score (nSPS) is 14.0. The van der Waals surface area contributed by atoms with Crippen LogP contribution in [0.1, 0.15) is 31.8 Å². The molecule has 0 radical (unpaired) electrons. The summed E-state index contributed by atoms with van der Waals surface area (Å²) < 4.78 is 5.08. The van der Waals surface area contributed by atoms with Crippen LogP contribution < -0.4 is 15.4 Å². The van der Waals surface area contributed by atoms with Gasteiger partial charge < -0.3 is 15.4 Å². The molecule has 0 saturated heterocycles. The van der Waals surface area contributed by atoms with E-state index in [2.05, 4.69) is 15.6 Å². The summed E-state index contributed by atoms with van der Waals surface area (Å²) in [6.07, 6.45) is 3.07. The molecule has 1 aromatic heterocycles. The average molecular weight is 448 g/mol. The fourth-order valence-corrected chi connectivity index (χ4v) is 3.47. The van der Waals surface area contributed by atoms with E-state index in [1.165, 1.54) is 19.3 Å². The Morgan fingerprint density at radius 1 is 1.16 bits per heavy atom. The second-order valence-electron chi connectivity index (χ2n) is 7.05. The number of pyridine rings is 1. The molecule has 0 spiro atoms. The van der Waals surface area contributed by atoms with Crippen LogP contribution in [0.15, 0.2) is 66.4 Å². The molecule has 1 aliphatic heterocycles. The summed E-state index contributed by atoms with van der Waals surface area (Å²) in [4.78, 5) is 42.2. The van der Waals surface area contributed by atoms with E-state index in [0.29, 0.717) is 27.7 Å². The number of fused-ring (bicyclic) bond motifs is 1. The van der Waals surface area contributed by atoms with Crippen molar-refractivity contribution in [2.45, 2.75) is 6.54 Å². The van der Waals surface area contributed by atoms with Gasteiger partial charge in [0, 0.05) is 35.0 Å². The van der Waals surface area contributed by atoms with Crippen LogP contribution in [0.25, 0.3) is 6.08 Å². The lowest BCUT2D eigenvalue weighted by molar-refractivity contribution is -0.112. The number of hydrogen-bond acceptors (Lipinski definition) is 5. The van der Waals surface area contributed by atoms with Gasteiger partial charge in [-0.2, -0.15) is 0 Å². The molecule has 0 fully saturated rings. The van der Waals surface area contributed by atoms with E-state index in [4.69, 9.17) is 16.3 Å². The van der Waals surface area contributed by atoms with Gasteiger partial charge in [0.05, 0.1) is 18.4 Å². The molecule has 0 atom stereocenters. The fraction of sp³-hybridized carbons (Fsp3) is 0.0833. The Kier molecular flexibility index (Phi) is 6.00. The zero-order chi connectivity index (χ0) is 22.7. The van der Waals surface area contributed by atoms with Crippen molar-refractivity contribution in [3.8, 4) is 5.88 Å². The number of carbonyl (C=O) groups is 3. The van der Waals surface area contributed by atoms with Gasteiger partial charge in [-0.1, -0.05) is 23.7 Å². The van der Waals surface area contributed by atoms with E-state index in [0.717, 1.165) is 5.56 Å². The van der Waals surface area contributed by atoms with Gasteiger partial charge in [0.1, 0.15) is 0 Å². The van der Waals surface area contributed by atoms with Crippen molar-refractivity contribution in [3.63, 3.8) is 0 Å². The predicted molar refractivity (Wildman–Crippen MR) is 121 cm³/mol. The Bertz CT molecular complexity index is 1270. The quantitative estimate of drug-likeness (QED) is 0.456. The predicted octanol–water partition coefficient (Wildman–Crippen LogP) is 3.89. The van der Waals surface area contributed by atoms with E-state index in [1.54, 1.807) is 54.7 Å². The van der Waals surface area contributed by atoms with Crippen molar-refractivity contribution in [1.82, 2.24) is 10.3 Å². The number of nitrogens with zero attached hydrogens (tertiary/aromatic N) is 1. The Hall–Kier alpha value is -3.97. The summed E-state index contributed by atoms with van der Waals surface area (Å²) in [5.41, 5.74) is 2.33. The number of carbonyl (C=O) groups excluding carboxylic acids is 3. The van der Waals surface area contributed by atoms with Gasteiger partial charge in [-0.25, -0.2) is 4.98 Å². The fourth-order valence-electron chi connectivity index (χ4n) is 3.27. The molecule has 3 aromatic rings. The van der Waals surface area contributed by atoms with Crippen LogP contribution in [0.5, 0.6) is 5.88 Å². The monoisotopic (exact) mass is 447 g/mol. The lowest BCUT2D eigenvalue weighted by Crippen LogP contribution is -2.28. The van der Waals surface area contributed by atoms with Gasteiger partial charge in [0.25, 0.3) is 11.8 Å². The first-order valence-corrected chi connectivity index (χ1v) is 10.1. The molecular formula is C24H18ClN3O4. The minimum atomic E-state index is -0.508. The number of Topliss-reactive ketones (excluding diaryl/α,β-unsaturated/α-hetero) is 1. The smallest absolute Gasteiger partial charge is 0.259 e. The van der Waals surface area contributed by atoms with Crippen molar-refractivity contribution < 1.29 is 19.1 Å². The third-order valence-electron chi connectivity index (χ3n) is 4.88. The topological polar surface area (TPSA) is 97.4 Å². The van der Waals surface area contributed by atoms with Gasteiger partial charge in [-0.3, -0.25) is 14.4 Å². The third kappa shape index (κ3) is 4.53. The molecule has 4 rings (SSSR count). The SMILES string of the molecule is COc1cc(CNC(=O)c2ccc3c(c2)C(=O)/C(=C/c2cccc(Cl)c2)C(=O)N3)ccn1. The summed E-state index contributed by atoms with van der Waals surface area (Å²) in [6, 6.07) is 14.9. The van der Waals surface area contributed by atoms with E-state index in [-0.39, 0.29) is 23.6 Å². The Morgan fingerprint density at radius 3 is 2.78 bits per heavy atom. The van der Waals surface area contributed by atoms with Gasteiger partial charge in [0.15, 0.2) is 0 Å². The maximum Gasteiger partial charge on any atom is 0.259 e. The molecule has 2 aromatic carbocycles. The molecule has 0 aliphatic carbocycles. The van der Waals surface area contributed by atoms with Crippen molar-refractivity contribution in [3.05, 3.63) is 93.6 Å². The highest BCUT2D eigenvalue weighted by atomic mass is 35.5. The molecule has 0 unspecified atom stereocenters. The highest BCUT2D eigenvalue weighted by Crippen LogP contribution is 2.28. The number of hydrogen-bond donors (Lipinski definition) is 2. The van der Waals surface area contributed by atoms with E-state index in [1.807, 2.05) is 0 Å². The first-order chi connectivity index (χ1) is 15.4. The minimum Gasteiger partial charge on any atom is -0.481 e. The number of benzene rings is 2. The number of halogens is 1. The van der Waals surface area contributed by atoms with Crippen molar-refractivity contribution in [2.75, 3.05) is 12.4 Å². The first-order valence-electron chi connectivity index (χ1n) is 9.69. The zero-order valence-electron chi connectivity index (χ0n) is 17.0. The molecule has 2 N–H and O–H groups in total. The molecule has 2 amide bonds. The summed E-state index contributed by atoms with van der Waals surface area (Å²) in [6.45, 7) is 0.263. The summed E-state index contributed by atoms with van der Waals surface area (Å²) in [5.74, 6) is -0.872. The van der Waals surface area contributed by atoms with Gasteiger partial charge >= 0.3 is 0 Å². The maximum atomic E-state index is 13.0. The van der Waals surface area contributed by atoms with Gasteiger partial charge in [0.2, 0.25) is 11.7 Å². The zero-order valence-corrected chi connectivity index (χ0v) is 17.8. The molecule has 7 nitrogen and oxygen atoms in total. The van der Waals surface area contributed by atoms with Crippen molar-refractivity contribution in [2.24, 2.45) is 0 Å². The van der Waals surface area contributed by atoms with Crippen molar-refractivity contribution >= 4 is 41.0 Å². The Labute approximate surface area is 189 Å². The largest absolute Gasteiger partial charge is 0.481 e. The van der Waals surface area contributed by atoms with Crippen LogP contribution in [0.4, 0.5) is 5.69 Å². The average Bonchev–Trinajstić information content (AvgIpc) is 2.80. The van der Waals surface area contributed by atoms with Crippen LogP contribution in [0, 0.1) is 0 Å². The molecule has 0 bridgehead atoms. The standard InChI is InChI=1S/C24H18ClN3O4/c1-32-21-11-15(7-8-26-21)13-27-23(30)16-5-6-20-18(12-16)22(29)19(24(31)28-20)10-14-3-2-4-17(25)9-14/h2-12H,13H2,1H3,(H,27,30)(H,28,31)/b19-10-. The minimum absolute atomic E-state index is 0.0267. The van der Waals surface area contributed by atoms with Crippen molar-refractivity contribution in [1.29, 1.82) is 0 Å². The Balaban J connectivity index is 1.56. The molecule has 8 heteroatoms. The number of nitrogens with one attached hydrogen (secondary N) is 2. The molecule has 0 saturated carbocycles. The van der Waals surface area contributed by atoms with Gasteiger partial charge in [-0.15, -0.1) is 0 Å². The molecule has 2 heterocycles. The molecule has 160 valence electrons. The van der Waals surface area contributed by atoms with Gasteiger partial charge in [-0.05, 0) is 53.6 Å². The van der Waals surface area contributed by atoms with Crippen LogP contribution in [-0.4, -0.2) is 29.7 Å². The lowest BCUT2D eigenvalue weighted by atomic mass is 9.93. The number of rotatable bonds is 5. The van der Waals surface area contributed by atoms with E-state index >= 15 is 0 Å². The Morgan fingerprint density at radius 2 is 2.00 bits per heavy atom. The van der Waals surface area contributed by atoms with E-state index in [9.17, 15) is 14.4 Å². The van der Waals surface area contributed by atoms with Crippen LogP contribution in [-0.2, 0) is 11.3 Å². The number of anilines is 1. The summed E-state index contributed by atoms with van der Waals surface area (Å²) in [5, 5.41) is 6.00. The maximum absolute atomic E-state index is 13.0. The summed E-state index contributed by atoms with van der Waals surface area (Å²) >= 11 is 5.99. The molecule has 32 heavy (non-hydrogen) atoms. The highest BCUT2D eigenvalue weighted by Gasteiger charge is 2.29. The molecule has 1 aliphatic rings. The first kappa shape index (κ1) is 21.3. The second-order valence-corrected chi connectivity index (χ2v) is 7.48. The van der Waals surface area contributed by atoms with Crippen LogP contribution in [0.3, 0.4) is 0 Å². The second kappa shape index (κ2) is 9.03.